The Kier molecular flexibility index (Phi) is 6.28. The molecule has 1 aliphatic heterocycles. The van der Waals surface area contributed by atoms with E-state index < -0.39 is 0 Å². The van der Waals surface area contributed by atoms with Crippen molar-refractivity contribution in [2.24, 2.45) is 0 Å². The highest BCUT2D eigenvalue weighted by Gasteiger charge is 2.27. The van der Waals surface area contributed by atoms with Crippen LogP contribution >= 0.6 is 0 Å². The van der Waals surface area contributed by atoms with Crippen molar-refractivity contribution in [2.75, 3.05) is 32.1 Å². The maximum Gasteiger partial charge on any atom is 0.257 e. The molecule has 0 radical (unpaired) electrons. The maximum absolute atomic E-state index is 12.9. The van der Waals surface area contributed by atoms with Crippen LogP contribution in [0.5, 0.6) is 11.8 Å². The number of carbonyl (C=O) groups is 1. The summed E-state index contributed by atoms with van der Waals surface area (Å²) in [6.07, 6.45) is 6.48. The lowest BCUT2D eigenvalue weighted by Crippen LogP contribution is -2.44. The number of hydrogen-bond donors (Lipinski definition) is 0. The Hall–Kier alpha value is -2.90. The molecule has 150 valence electrons. The molecular formula is C20H27N5O3. The van der Waals surface area contributed by atoms with Crippen molar-refractivity contribution < 1.29 is 14.3 Å². The van der Waals surface area contributed by atoms with E-state index >= 15 is 0 Å². The number of amides is 1. The highest BCUT2D eigenvalue weighted by molar-refractivity contribution is 5.94. The Labute approximate surface area is 165 Å². The second-order valence-corrected chi connectivity index (χ2v) is 7.26. The van der Waals surface area contributed by atoms with Gasteiger partial charge in [-0.15, -0.1) is 0 Å². The van der Waals surface area contributed by atoms with Crippen LogP contribution in [0.3, 0.4) is 0 Å². The van der Waals surface area contributed by atoms with Crippen molar-refractivity contribution in [1.82, 2.24) is 19.9 Å². The van der Waals surface area contributed by atoms with Crippen molar-refractivity contribution in [3.63, 3.8) is 0 Å². The number of hydrogen-bond acceptors (Lipinski definition) is 7. The number of nitrogens with zero attached hydrogens (tertiary/aromatic N) is 5. The van der Waals surface area contributed by atoms with E-state index in [0.29, 0.717) is 36.2 Å². The highest BCUT2D eigenvalue weighted by Crippen LogP contribution is 2.24. The third kappa shape index (κ3) is 4.88. The van der Waals surface area contributed by atoms with Gasteiger partial charge < -0.3 is 19.3 Å². The molecule has 0 aliphatic carbocycles. The predicted molar refractivity (Wildman–Crippen MR) is 106 cm³/mol. The Bertz CT molecular complexity index is 795. The van der Waals surface area contributed by atoms with Gasteiger partial charge in [0.2, 0.25) is 5.88 Å². The number of rotatable bonds is 6. The lowest BCUT2D eigenvalue weighted by Gasteiger charge is -2.33. The summed E-state index contributed by atoms with van der Waals surface area (Å²) in [5.41, 5.74) is 0.547. The van der Waals surface area contributed by atoms with Gasteiger partial charge in [-0.1, -0.05) is 0 Å². The topological polar surface area (TPSA) is 80.7 Å². The smallest absolute Gasteiger partial charge is 0.257 e. The summed E-state index contributed by atoms with van der Waals surface area (Å²) in [4.78, 5) is 29.4. The first kappa shape index (κ1) is 19.9. The zero-order valence-electron chi connectivity index (χ0n) is 16.8. The molecule has 8 heteroatoms. The van der Waals surface area contributed by atoms with Gasteiger partial charge in [-0.25, -0.2) is 15.0 Å². The van der Waals surface area contributed by atoms with Crippen molar-refractivity contribution in [1.29, 1.82) is 0 Å². The minimum absolute atomic E-state index is 0.0437. The molecule has 3 rings (SSSR count). The van der Waals surface area contributed by atoms with E-state index in [1.54, 1.807) is 35.6 Å². The summed E-state index contributed by atoms with van der Waals surface area (Å²) < 4.78 is 11.6. The molecule has 1 saturated heterocycles. The van der Waals surface area contributed by atoms with E-state index in [9.17, 15) is 4.79 Å². The monoisotopic (exact) mass is 385 g/mol. The molecule has 1 fully saturated rings. The third-order valence-electron chi connectivity index (χ3n) is 4.35. The second-order valence-electron chi connectivity index (χ2n) is 7.26. The molecule has 8 nitrogen and oxygen atoms in total. The zero-order chi connectivity index (χ0) is 20.1. The van der Waals surface area contributed by atoms with Crippen LogP contribution in [0.25, 0.3) is 0 Å². The van der Waals surface area contributed by atoms with Gasteiger partial charge in [0.1, 0.15) is 6.10 Å². The van der Waals surface area contributed by atoms with Gasteiger partial charge in [-0.3, -0.25) is 4.79 Å². The van der Waals surface area contributed by atoms with E-state index in [0.717, 1.165) is 12.8 Å². The van der Waals surface area contributed by atoms with Crippen molar-refractivity contribution in [3.05, 3.63) is 36.3 Å². The van der Waals surface area contributed by atoms with Crippen LogP contribution in [0.15, 0.2) is 30.7 Å². The molecule has 1 aliphatic rings. The van der Waals surface area contributed by atoms with Crippen LogP contribution in [0.2, 0.25) is 0 Å². The third-order valence-corrected chi connectivity index (χ3v) is 4.35. The summed E-state index contributed by atoms with van der Waals surface area (Å²) in [5, 5.41) is 0. The molecule has 1 atom stereocenters. The van der Waals surface area contributed by atoms with Crippen LogP contribution in [-0.2, 0) is 0 Å². The quantitative estimate of drug-likeness (QED) is 0.755. The van der Waals surface area contributed by atoms with Gasteiger partial charge in [0.15, 0.2) is 5.82 Å². The van der Waals surface area contributed by atoms with Gasteiger partial charge in [-0.2, -0.15) is 0 Å². The number of anilines is 1. The molecular weight excluding hydrogens is 358 g/mol. The SMILES string of the molecule is CC(C)Oc1ccc(C(=O)N2CCCC(Oc3nccnc3N(C)C)C2)cn1. The fourth-order valence-electron chi connectivity index (χ4n) is 3.09. The van der Waals surface area contributed by atoms with E-state index in [4.69, 9.17) is 9.47 Å². The number of carbonyl (C=O) groups excluding carboxylic acids is 1. The van der Waals surface area contributed by atoms with Crippen LogP contribution in [-0.4, -0.2) is 65.2 Å². The zero-order valence-corrected chi connectivity index (χ0v) is 16.8. The average molecular weight is 385 g/mol. The van der Waals surface area contributed by atoms with Gasteiger partial charge >= 0.3 is 0 Å². The summed E-state index contributed by atoms with van der Waals surface area (Å²) in [6.45, 7) is 5.08. The summed E-state index contributed by atoms with van der Waals surface area (Å²) >= 11 is 0. The average Bonchev–Trinajstić information content (AvgIpc) is 2.68. The first-order valence-electron chi connectivity index (χ1n) is 9.51. The Morgan fingerprint density at radius 3 is 2.68 bits per heavy atom. The van der Waals surface area contributed by atoms with E-state index in [2.05, 4.69) is 15.0 Å². The fraction of sp³-hybridized carbons (Fsp3) is 0.500. The summed E-state index contributed by atoms with van der Waals surface area (Å²) in [6, 6.07) is 3.48. The maximum atomic E-state index is 12.9. The van der Waals surface area contributed by atoms with Crippen molar-refractivity contribution in [2.45, 2.75) is 38.9 Å². The minimum Gasteiger partial charge on any atom is -0.475 e. The van der Waals surface area contributed by atoms with Crippen LogP contribution in [0.1, 0.15) is 37.0 Å². The molecule has 2 aromatic heterocycles. The Morgan fingerprint density at radius 1 is 1.21 bits per heavy atom. The number of piperidine rings is 1. The lowest BCUT2D eigenvalue weighted by atomic mass is 10.1. The molecule has 1 unspecified atom stereocenters. The first-order valence-corrected chi connectivity index (χ1v) is 9.51. The van der Waals surface area contributed by atoms with Gasteiger partial charge in [0.05, 0.1) is 18.2 Å². The Balaban J connectivity index is 1.65. The normalized spacial score (nSPS) is 16.8. The van der Waals surface area contributed by atoms with E-state index in [1.807, 2.05) is 32.8 Å². The molecule has 2 aromatic rings. The molecule has 0 aromatic carbocycles. The predicted octanol–water partition coefficient (Wildman–Crippen LogP) is 2.41. The second kappa shape index (κ2) is 8.86. The minimum atomic E-state index is -0.121. The molecule has 0 bridgehead atoms. The Morgan fingerprint density at radius 2 is 2.00 bits per heavy atom. The molecule has 1 amide bonds. The molecule has 0 saturated carbocycles. The van der Waals surface area contributed by atoms with Gasteiger partial charge in [-0.05, 0) is 32.8 Å². The molecule has 28 heavy (non-hydrogen) atoms. The van der Waals surface area contributed by atoms with E-state index in [1.165, 1.54) is 0 Å². The van der Waals surface area contributed by atoms with Crippen LogP contribution in [0.4, 0.5) is 5.82 Å². The van der Waals surface area contributed by atoms with Crippen molar-refractivity contribution in [3.8, 4) is 11.8 Å². The van der Waals surface area contributed by atoms with Crippen LogP contribution < -0.4 is 14.4 Å². The summed E-state index contributed by atoms with van der Waals surface area (Å²) in [5.74, 6) is 1.63. The summed E-state index contributed by atoms with van der Waals surface area (Å²) in [7, 11) is 3.79. The molecule has 0 spiro atoms. The van der Waals surface area contributed by atoms with E-state index in [-0.39, 0.29) is 18.1 Å². The van der Waals surface area contributed by atoms with Gasteiger partial charge in [0, 0.05) is 45.3 Å². The fourth-order valence-corrected chi connectivity index (χ4v) is 3.09. The number of likely N-dealkylation sites (tertiary alicyclic amines) is 1. The molecule has 3 heterocycles. The number of pyridine rings is 1. The largest absolute Gasteiger partial charge is 0.475 e. The number of ether oxygens (including phenoxy) is 2. The lowest BCUT2D eigenvalue weighted by molar-refractivity contribution is 0.0528. The van der Waals surface area contributed by atoms with Crippen molar-refractivity contribution >= 4 is 11.7 Å². The highest BCUT2D eigenvalue weighted by atomic mass is 16.5. The first-order chi connectivity index (χ1) is 13.4. The van der Waals surface area contributed by atoms with Crippen LogP contribution in [0, 0.1) is 0 Å². The van der Waals surface area contributed by atoms with Gasteiger partial charge in [0.25, 0.3) is 11.8 Å². The standard InChI is InChI=1S/C20H27N5O3/c1-14(2)27-17-8-7-15(12-23-17)20(26)25-11-5-6-16(13-25)28-19-18(24(3)4)21-9-10-22-19/h7-10,12,14,16H,5-6,11,13H2,1-4H3. The molecule has 0 N–H and O–H groups in total. The number of aromatic nitrogens is 3.